The Morgan fingerprint density at radius 1 is 1.15 bits per heavy atom. The average molecular weight is 386 g/mol. The van der Waals surface area contributed by atoms with E-state index in [1.807, 2.05) is 0 Å². The zero-order chi connectivity index (χ0) is 19.4. The van der Waals surface area contributed by atoms with Crippen LogP contribution in [-0.2, 0) is 19.2 Å². The van der Waals surface area contributed by atoms with Crippen LogP contribution in [0.15, 0.2) is 0 Å². The number of nitrogens with zero attached hydrogens (tertiary/aromatic N) is 1. The van der Waals surface area contributed by atoms with E-state index in [4.69, 9.17) is 5.73 Å². The van der Waals surface area contributed by atoms with E-state index in [9.17, 15) is 19.2 Å². The van der Waals surface area contributed by atoms with Gasteiger partial charge in [-0.15, -0.1) is 11.8 Å². The van der Waals surface area contributed by atoms with Crippen LogP contribution in [0.4, 0.5) is 0 Å². The number of ketones is 1. The number of nitrogens with two attached hydrogens (primary N) is 1. The molecule has 1 saturated heterocycles. The highest BCUT2D eigenvalue weighted by Crippen LogP contribution is 2.25. The van der Waals surface area contributed by atoms with Gasteiger partial charge in [0.25, 0.3) is 0 Å². The lowest BCUT2D eigenvalue weighted by Crippen LogP contribution is -2.33. The van der Waals surface area contributed by atoms with E-state index in [2.05, 4.69) is 5.32 Å². The third kappa shape index (κ3) is 8.80. The lowest BCUT2D eigenvalue weighted by Gasteiger charge is -2.14. The van der Waals surface area contributed by atoms with Gasteiger partial charge in [-0.3, -0.25) is 19.3 Å². The number of hydrogen-bond donors (Lipinski definition) is 2. The van der Waals surface area contributed by atoms with Crippen molar-refractivity contribution in [3.63, 3.8) is 0 Å². The van der Waals surface area contributed by atoms with Crippen molar-refractivity contribution in [1.82, 2.24) is 10.2 Å². The lowest BCUT2D eigenvalue weighted by atomic mass is 10.1. The Labute approximate surface area is 159 Å². The van der Waals surface area contributed by atoms with Gasteiger partial charge in [0.15, 0.2) is 0 Å². The molecule has 1 atom stereocenters. The number of amides is 3. The maximum Gasteiger partial charge on any atom is 0.242 e. The second-order valence-electron chi connectivity index (χ2n) is 6.60. The summed E-state index contributed by atoms with van der Waals surface area (Å²) in [7, 11) is 0. The molecule has 0 aromatic rings. The van der Waals surface area contributed by atoms with Gasteiger partial charge in [-0.2, -0.15) is 0 Å². The maximum absolute atomic E-state index is 12.3. The minimum absolute atomic E-state index is 0.106. The molecule has 1 unspecified atom stereocenters. The lowest BCUT2D eigenvalue weighted by molar-refractivity contribution is -0.138. The van der Waals surface area contributed by atoms with E-state index < -0.39 is 5.25 Å². The number of carbonyl (C=O) groups is 4. The number of hydrogen-bond acceptors (Lipinski definition) is 6. The smallest absolute Gasteiger partial charge is 0.242 e. The number of unbranched alkanes of at least 4 members (excludes halogenated alkanes) is 4. The molecule has 8 heteroatoms. The first kappa shape index (κ1) is 22.6. The quantitative estimate of drug-likeness (QED) is 0.344. The van der Waals surface area contributed by atoms with E-state index in [-0.39, 0.29) is 35.7 Å². The minimum Gasteiger partial charge on any atom is -0.355 e. The van der Waals surface area contributed by atoms with Crippen LogP contribution < -0.4 is 11.1 Å². The first-order chi connectivity index (χ1) is 12.5. The molecule has 1 rings (SSSR count). The molecule has 0 aliphatic carbocycles. The number of thioether (sulfide) groups is 1. The molecular weight excluding hydrogens is 354 g/mol. The SMILES string of the molecule is CC(=O)CCCCCN1C(=O)CC(SCC(=O)NCCCCCN)C1=O. The van der Waals surface area contributed by atoms with Crippen LogP contribution in [0.5, 0.6) is 0 Å². The van der Waals surface area contributed by atoms with Crippen molar-refractivity contribution < 1.29 is 19.2 Å². The Hall–Kier alpha value is -1.41. The molecule has 0 spiro atoms. The number of rotatable bonds is 14. The molecule has 0 bridgehead atoms. The Kier molecular flexibility index (Phi) is 11.2. The number of Topliss-reactive ketones (excluding diaryl/α,β-unsaturated/α-hetero) is 1. The number of nitrogens with one attached hydrogen (secondary N) is 1. The van der Waals surface area contributed by atoms with Gasteiger partial charge >= 0.3 is 0 Å². The van der Waals surface area contributed by atoms with Gasteiger partial charge in [-0.25, -0.2) is 0 Å². The number of likely N-dealkylation sites (tertiary alicyclic amines) is 1. The number of imide groups is 1. The predicted molar refractivity (Wildman–Crippen MR) is 103 cm³/mol. The predicted octanol–water partition coefficient (Wildman–Crippen LogP) is 1.24. The second kappa shape index (κ2) is 12.9. The van der Waals surface area contributed by atoms with Crippen molar-refractivity contribution >= 4 is 35.3 Å². The van der Waals surface area contributed by atoms with Crippen LogP contribution in [-0.4, -0.2) is 59.0 Å². The van der Waals surface area contributed by atoms with Crippen molar-refractivity contribution in [2.75, 3.05) is 25.4 Å². The van der Waals surface area contributed by atoms with Crippen molar-refractivity contribution in [1.29, 1.82) is 0 Å². The summed E-state index contributed by atoms with van der Waals surface area (Å²) >= 11 is 1.23. The first-order valence-electron chi connectivity index (χ1n) is 9.37. The van der Waals surface area contributed by atoms with Gasteiger partial charge in [0.1, 0.15) is 5.78 Å². The molecular formula is C18H31N3O4S. The summed E-state index contributed by atoms with van der Waals surface area (Å²) < 4.78 is 0. The topological polar surface area (TPSA) is 110 Å². The van der Waals surface area contributed by atoms with Crippen molar-refractivity contribution in [2.45, 2.75) is 63.5 Å². The zero-order valence-electron chi connectivity index (χ0n) is 15.6. The van der Waals surface area contributed by atoms with Crippen LogP contribution in [0.2, 0.25) is 0 Å². The van der Waals surface area contributed by atoms with Gasteiger partial charge in [-0.1, -0.05) is 12.8 Å². The zero-order valence-corrected chi connectivity index (χ0v) is 16.4. The van der Waals surface area contributed by atoms with Gasteiger partial charge in [-0.05, 0) is 39.2 Å². The summed E-state index contributed by atoms with van der Waals surface area (Å²) in [5.74, 6) is -0.116. The molecule has 1 fully saturated rings. The van der Waals surface area contributed by atoms with E-state index >= 15 is 0 Å². The fourth-order valence-electron chi connectivity index (χ4n) is 2.74. The molecule has 3 amide bonds. The molecule has 0 saturated carbocycles. The average Bonchev–Trinajstić information content (AvgIpc) is 2.86. The molecule has 0 aromatic carbocycles. The normalized spacial score (nSPS) is 17.0. The molecule has 7 nitrogen and oxygen atoms in total. The van der Waals surface area contributed by atoms with Crippen LogP contribution in [0.1, 0.15) is 58.3 Å². The molecule has 3 N–H and O–H groups in total. The van der Waals surface area contributed by atoms with Crippen molar-refractivity contribution in [3.8, 4) is 0 Å². The summed E-state index contributed by atoms with van der Waals surface area (Å²) in [5, 5.41) is 2.37. The molecule has 0 aromatic heterocycles. The fraction of sp³-hybridized carbons (Fsp3) is 0.778. The Bertz CT molecular complexity index is 499. The molecule has 1 aliphatic rings. The van der Waals surface area contributed by atoms with Crippen LogP contribution in [0.3, 0.4) is 0 Å². The first-order valence-corrected chi connectivity index (χ1v) is 10.4. The van der Waals surface area contributed by atoms with Crippen molar-refractivity contribution in [2.24, 2.45) is 5.73 Å². The summed E-state index contributed by atoms with van der Waals surface area (Å²) in [5.41, 5.74) is 5.41. The number of carbonyl (C=O) groups excluding carboxylic acids is 4. The standard InChI is InChI=1S/C18H31N3O4S/c1-14(22)8-4-2-7-11-21-17(24)12-15(18(21)25)26-13-16(23)20-10-6-3-5-9-19/h15H,2-13,19H2,1H3,(H,20,23). The monoisotopic (exact) mass is 385 g/mol. The fourth-order valence-corrected chi connectivity index (χ4v) is 3.72. The highest BCUT2D eigenvalue weighted by atomic mass is 32.2. The Morgan fingerprint density at radius 3 is 2.58 bits per heavy atom. The van der Waals surface area contributed by atoms with Crippen LogP contribution in [0, 0.1) is 0 Å². The molecule has 0 radical (unpaired) electrons. The van der Waals surface area contributed by atoms with Gasteiger partial charge in [0.2, 0.25) is 17.7 Å². The molecule has 26 heavy (non-hydrogen) atoms. The van der Waals surface area contributed by atoms with Gasteiger partial charge < -0.3 is 15.8 Å². The highest BCUT2D eigenvalue weighted by Gasteiger charge is 2.38. The summed E-state index contributed by atoms with van der Waals surface area (Å²) in [4.78, 5) is 48.3. The van der Waals surface area contributed by atoms with E-state index in [0.717, 1.165) is 32.1 Å². The van der Waals surface area contributed by atoms with Crippen LogP contribution >= 0.6 is 11.8 Å². The minimum atomic E-state index is -0.456. The third-order valence-corrected chi connectivity index (χ3v) is 5.43. The molecule has 1 aliphatic heterocycles. The van der Waals surface area contributed by atoms with E-state index in [1.165, 1.54) is 16.7 Å². The molecule has 148 valence electrons. The van der Waals surface area contributed by atoms with Crippen molar-refractivity contribution in [3.05, 3.63) is 0 Å². The Morgan fingerprint density at radius 2 is 1.88 bits per heavy atom. The molecule has 1 heterocycles. The van der Waals surface area contributed by atoms with Crippen LogP contribution in [0.25, 0.3) is 0 Å². The van der Waals surface area contributed by atoms with Gasteiger partial charge in [0, 0.05) is 25.9 Å². The summed E-state index contributed by atoms with van der Waals surface area (Å²) in [6.45, 7) is 3.24. The third-order valence-electron chi connectivity index (χ3n) is 4.23. The second-order valence-corrected chi connectivity index (χ2v) is 7.79. The largest absolute Gasteiger partial charge is 0.355 e. The highest BCUT2D eigenvalue weighted by molar-refractivity contribution is 8.01. The Balaban J connectivity index is 2.21. The maximum atomic E-state index is 12.3. The summed E-state index contributed by atoms with van der Waals surface area (Å²) in [6.07, 6.45) is 5.87. The van der Waals surface area contributed by atoms with E-state index in [1.54, 1.807) is 6.92 Å². The van der Waals surface area contributed by atoms with Gasteiger partial charge in [0.05, 0.1) is 11.0 Å². The summed E-state index contributed by atoms with van der Waals surface area (Å²) in [6, 6.07) is 0. The van der Waals surface area contributed by atoms with E-state index in [0.29, 0.717) is 32.5 Å².